The van der Waals surface area contributed by atoms with Crippen molar-refractivity contribution in [1.82, 2.24) is 28.9 Å². The zero-order chi connectivity index (χ0) is 29.1. The van der Waals surface area contributed by atoms with E-state index in [9.17, 15) is 9.59 Å². The number of hydrogen-bond acceptors (Lipinski definition) is 6. The maximum Gasteiger partial charge on any atom is 0.264 e. The summed E-state index contributed by atoms with van der Waals surface area (Å²) < 4.78 is 5.83. The number of hydrogen-bond donors (Lipinski definition) is 2. The molecule has 41 heavy (non-hydrogen) atoms. The van der Waals surface area contributed by atoms with Crippen LogP contribution in [0.15, 0.2) is 88.7 Å². The number of carbonyl (C=O) groups excluding carboxylic acids is 1. The second kappa shape index (κ2) is 11.5. The summed E-state index contributed by atoms with van der Waals surface area (Å²) in [5, 5.41) is 9.50. The number of rotatable bonds is 3. The standard InChI is InChI=1S/C23H18BrN3O.C7H7N5O/c1-3-20-22(24)19-11-7-8-17(13-12-16-14-25-26(2)15-16)21(19)23(28)27(20)18-9-5-4-6-10-18;8-5-4(6(9)13)7-10-2-1-3-12(7)11-5/h4-11,14-15H,3H2,1-2H3;1-3H,(H2,8,11)(H2,9,13). The molecule has 0 aliphatic heterocycles. The number of pyridine rings is 1. The minimum Gasteiger partial charge on any atom is -0.381 e. The summed E-state index contributed by atoms with van der Waals surface area (Å²) in [4.78, 5) is 28.4. The van der Waals surface area contributed by atoms with E-state index >= 15 is 0 Å². The van der Waals surface area contributed by atoms with Crippen molar-refractivity contribution in [3.05, 3.63) is 117 Å². The molecular formula is C30H25BrN8O2. The van der Waals surface area contributed by atoms with Gasteiger partial charge in [-0.05, 0) is 46.6 Å². The number of aromatic nitrogens is 6. The van der Waals surface area contributed by atoms with Crippen LogP contribution in [-0.4, -0.2) is 34.9 Å². The van der Waals surface area contributed by atoms with E-state index in [0.29, 0.717) is 16.6 Å². The zero-order valence-corrected chi connectivity index (χ0v) is 23.8. The number of fused-ring (bicyclic) bond motifs is 2. The van der Waals surface area contributed by atoms with Gasteiger partial charge in [0.05, 0.1) is 17.1 Å². The molecule has 0 unspecified atom stereocenters. The maximum atomic E-state index is 13.6. The highest BCUT2D eigenvalue weighted by molar-refractivity contribution is 9.10. The molecule has 2 aromatic carbocycles. The molecule has 0 radical (unpaired) electrons. The average molecular weight is 609 g/mol. The molecule has 1 amide bonds. The number of nitrogen functional groups attached to an aromatic ring is 1. The first kappa shape index (κ1) is 27.4. The van der Waals surface area contributed by atoms with Gasteiger partial charge in [-0.1, -0.05) is 49.1 Å². The Morgan fingerprint density at radius 1 is 1.07 bits per heavy atom. The third-order valence-corrected chi connectivity index (χ3v) is 7.19. The van der Waals surface area contributed by atoms with Crippen LogP contribution in [0.25, 0.3) is 22.1 Å². The summed E-state index contributed by atoms with van der Waals surface area (Å²) in [7, 11) is 1.85. The van der Waals surface area contributed by atoms with Crippen LogP contribution in [0.1, 0.15) is 34.1 Å². The normalized spacial score (nSPS) is 10.6. The first-order chi connectivity index (χ1) is 19.8. The van der Waals surface area contributed by atoms with Gasteiger partial charge >= 0.3 is 0 Å². The van der Waals surface area contributed by atoms with E-state index < -0.39 is 5.91 Å². The van der Waals surface area contributed by atoms with E-state index in [1.165, 1.54) is 4.52 Å². The Balaban J connectivity index is 0.000000216. The minimum absolute atomic E-state index is 0.0580. The van der Waals surface area contributed by atoms with Crippen LogP contribution in [0, 0.1) is 11.8 Å². The van der Waals surface area contributed by atoms with Crippen molar-refractivity contribution in [2.75, 3.05) is 5.73 Å². The maximum absolute atomic E-state index is 13.6. The Kier molecular flexibility index (Phi) is 7.67. The molecule has 4 heterocycles. The Labute approximate surface area is 243 Å². The fourth-order valence-corrected chi connectivity index (χ4v) is 5.27. The summed E-state index contributed by atoms with van der Waals surface area (Å²) in [6, 6.07) is 17.2. The Bertz CT molecular complexity index is 2030. The molecule has 0 fully saturated rings. The predicted octanol–water partition coefficient (Wildman–Crippen LogP) is 3.86. The van der Waals surface area contributed by atoms with Gasteiger partial charge in [0.2, 0.25) is 0 Å². The smallest absolute Gasteiger partial charge is 0.264 e. The number of primary amides is 1. The lowest BCUT2D eigenvalue weighted by atomic mass is 10.0. The van der Waals surface area contributed by atoms with E-state index in [1.54, 1.807) is 33.9 Å². The number of para-hydroxylation sites is 1. The summed E-state index contributed by atoms with van der Waals surface area (Å²) in [6.07, 6.45) is 7.48. The van der Waals surface area contributed by atoms with Gasteiger partial charge in [0.1, 0.15) is 5.56 Å². The first-order valence-electron chi connectivity index (χ1n) is 12.6. The zero-order valence-electron chi connectivity index (χ0n) is 22.2. The molecule has 0 atom stereocenters. The second-order valence-corrected chi connectivity index (χ2v) is 9.78. The van der Waals surface area contributed by atoms with Crippen LogP contribution in [0.3, 0.4) is 0 Å². The molecule has 0 bridgehead atoms. The van der Waals surface area contributed by atoms with Gasteiger partial charge in [-0.3, -0.25) is 18.8 Å². The highest BCUT2D eigenvalue weighted by Gasteiger charge is 2.17. The molecule has 0 aliphatic carbocycles. The van der Waals surface area contributed by atoms with E-state index in [2.05, 4.69) is 49.9 Å². The molecule has 4 N–H and O–H groups in total. The van der Waals surface area contributed by atoms with Crippen LogP contribution in [0.5, 0.6) is 0 Å². The number of carbonyl (C=O) groups is 1. The lowest BCUT2D eigenvalue weighted by Gasteiger charge is -2.16. The predicted molar refractivity (Wildman–Crippen MR) is 162 cm³/mol. The summed E-state index contributed by atoms with van der Waals surface area (Å²) in [5.74, 6) is 5.76. The first-order valence-corrected chi connectivity index (χ1v) is 13.4. The number of halogens is 1. The number of anilines is 1. The Morgan fingerprint density at radius 2 is 1.85 bits per heavy atom. The molecule has 11 heteroatoms. The van der Waals surface area contributed by atoms with Gasteiger partial charge in [-0.25, -0.2) is 9.50 Å². The van der Waals surface area contributed by atoms with Gasteiger partial charge in [-0.15, -0.1) is 5.10 Å². The molecule has 10 nitrogen and oxygen atoms in total. The number of amides is 1. The molecule has 6 rings (SSSR count). The van der Waals surface area contributed by atoms with E-state index in [0.717, 1.165) is 33.2 Å². The fourth-order valence-electron chi connectivity index (χ4n) is 4.49. The van der Waals surface area contributed by atoms with Crippen molar-refractivity contribution in [3.8, 4) is 17.5 Å². The highest BCUT2D eigenvalue weighted by atomic mass is 79.9. The number of nitrogens with zero attached hydrogens (tertiary/aromatic N) is 6. The van der Waals surface area contributed by atoms with Crippen molar-refractivity contribution < 1.29 is 4.79 Å². The van der Waals surface area contributed by atoms with Crippen molar-refractivity contribution in [1.29, 1.82) is 0 Å². The Morgan fingerprint density at radius 3 is 2.54 bits per heavy atom. The molecule has 6 aromatic rings. The van der Waals surface area contributed by atoms with Crippen molar-refractivity contribution in [3.63, 3.8) is 0 Å². The molecule has 0 spiro atoms. The van der Waals surface area contributed by atoms with Crippen molar-refractivity contribution in [2.24, 2.45) is 12.8 Å². The third-order valence-electron chi connectivity index (χ3n) is 6.31. The van der Waals surface area contributed by atoms with Crippen LogP contribution < -0.4 is 17.0 Å². The number of aryl methyl sites for hydroxylation is 1. The van der Waals surface area contributed by atoms with Crippen LogP contribution in [0.2, 0.25) is 0 Å². The quantitative estimate of drug-likeness (QED) is 0.292. The van der Waals surface area contributed by atoms with E-state index in [1.807, 2.05) is 61.8 Å². The number of benzene rings is 2. The molecule has 204 valence electrons. The van der Waals surface area contributed by atoms with Crippen LogP contribution >= 0.6 is 15.9 Å². The molecule has 4 aromatic heterocycles. The summed E-state index contributed by atoms with van der Waals surface area (Å²) in [6.45, 7) is 2.05. The number of nitrogens with two attached hydrogens (primary N) is 2. The van der Waals surface area contributed by atoms with Crippen molar-refractivity contribution in [2.45, 2.75) is 13.3 Å². The minimum atomic E-state index is -0.619. The van der Waals surface area contributed by atoms with Crippen molar-refractivity contribution >= 4 is 44.1 Å². The van der Waals surface area contributed by atoms with Crippen LogP contribution in [-0.2, 0) is 13.5 Å². The molecule has 0 saturated heterocycles. The topological polar surface area (TPSA) is 139 Å². The summed E-state index contributed by atoms with van der Waals surface area (Å²) in [5.41, 5.74) is 14.4. The van der Waals surface area contributed by atoms with E-state index in [-0.39, 0.29) is 16.9 Å². The van der Waals surface area contributed by atoms with Gasteiger partial charge in [0.15, 0.2) is 11.5 Å². The van der Waals surface area contributed by atoms with E-state index in [4.69, 9.17) is 11.5 Å². The monoisotopic (exact) mass is 608 g/mol. The molecule has 0 saturated carbocycles. The largest absolute Gasteiger partial charge is 0.381 e. The summed E-state index contributed by atoms with van der Waals surface area (Å²) >= 11 is 3.74. The molecule has 0 aliphatic rings. The van der Waals surface area contributed by atoms with Crippen LogP contribution in [0.4, 0.5) is 5.82 Å². The highest BCUT2D eigenvalue weighted by Crippen LogP contribution is 2.29. The molecular weight excluding hydrogens is 584 g/mol. The average Bonchev–Trinajstić information content (AvgIpc) is 3.55. The lowest BCUT2D eigenvalue weighted by Crippen LogP contribution is -2.23. The van der Waals surface area contributed by atoms with Gasteiger partial charge in [0, 0.05) is 52.4 Å². The Hall–Kier alpha value is -5.21. The van der Waals surface area contributed by atoms with Gasteiger partial charge < -0.3 is 11.5 Å². The second-order valence-electron chi connectivity index (χ2n) is 8.98. The third kappa shape index (κ3) is 5.33. The van der Waals surface area contributed by atoms with Gasteiger partial charge in [0.25, 0.3) is 11.5 Å². The SMILES string of the molecule is CCc1c(Br)c2cccc(C#Cc3cnn(C)c3)c2c(=O)n1-c1ccccc1.NC(=O)c1c(N)nn2cccnc12. The fraction of sp³-hybridized carbons (Fsp3) is 0.100. The lowest BCUT2D eigenvalue weighted by molar-refractivity contribution is 0.100. The van der Waals surface area contributed by atoms with Gasteiger partial charge in [-0.2, -0.15) is 5.10 Å².